The number of hydrogen-bond donors (Lipinski definition) is 1. The van der Waals surface area contributed by atoms with Crippen molar-refractivity contribution in [3.05, 3.63) is 64.5 Å². The van der Waals surface area contributed by atoms with Crippen LogP contribution in [0, 0.1) is 23.1 Å². The molecule has 5 nitrogen and oxygen atoms in total. The minimum atomic E-state index is -0.800. The maximum Gasteiger partial charge on any atom is 0.309 e. The third-order valence-electron chi connectivity index (χ3n) is 6.16. The molecule has 1 aliphatic heterocycles. The highest BCUT2D eigenvalue weighted by atomic mass is 19.1. The van der Waals surface area contributed by atoms with E-state index in [1.807, 2.05) is 23.1 Å². The summed E-state index contributed by atoms with van der Waals surface area (Å²) >= 11 is 0. The number of carboxylic acids is 1. The van der Waals surface area contributed by atoms with Gasteiger partial charge in [0.25, 0.3) is 0 Å². The smallest absolute Gasteiger partial charge is 0.309 e. The van der Waals surface area contributed by atoms with Crippen LogP contribution in [0.2, 0.25) is 0 Å². The van der Waals surface area contributed by atoms with Crippen LogP contribution in [0.1, 0.15) is 53.9 Å². The largest absolute Gasteiger partial charge is 0.489 e. The number of benzene rings is 2. The number of halogens is 1. The van der Waals surface area contributed by atoms with Crippen molar-refractivity contribution in [2.75, 3.05) is 13.1 Å². The molecule has 0 atom stereocenters. The normalized spacial score (nSPS) is 17.5. The Balaban J connectivity index is 1.35. The highest BCUT2D eigenvalue weighted by molar-refractivity contribution is 5.71. The van der Waals surface area contributed by atoms with Crippen LogP contribution < -0.4 is 4.74 Å². The number of likely N-dealkylation sites (tertiary alicyclic amines) is 1. The maximum atomic E-state index is 14.4. The molecule has 0 spiro atoms. The molecule has 6 heteroatoms. The molecule has 1 heterocycles. The number of nitriles is 1. The van der Waals surface area contributed by atoms with Gasteiger partial charge in [-0.15, -0.1) is 0 Å². The molecule has 1 aliphatic carbocycles. The van der Waals surface area contributed by atoms with Crippen molar-refractivity contribution in [3.63, 3.8) is 0 Å². The Morgan fingerprint density at radius 2 is 1.97 bits per heavy atom. The summed E-state index contributed by atoms with van der Waals surface area (Å²) < 4.78 is 20.2. The molecule has 2 aliphatic rings. The first-order chi connectivity index (χ1) is 14.5. The number of ether oxygens (including phenoxy) is 1. The lowest BCUT2D eigenvalue weighted by Gasteiger charge is -2.36. The van der Waals surface area contributed by atoms with Gasteiger partial charge in [-0.25, -0.2) is 4.39 Å². The van der Waals surface area contributed by atoms with Gasteiger partial charge in [0.1, 0.15) is 18.2 Å². The molecule has 1 saturated heterocycles. The van der Waals surface area contributed by atoms with Crippen molar-refractivity contribution in [3.8, 4) is 11.8 Å². The average Bonchev–Trinajstić information content (AvgIpc) is 3.24. The average molecular weight is 408 g/mol. The Hall–Kier alpha value is -2.91. The van der Waals surface area contributed by atoms with Crippen LogP contribution in [-0.4, -0.2) is 29.1 Å². The lowest BCUT2D eigenvalue weighted by molar-refractivity contribution is -0.147. The molecule has 2 fully saturated rings. The van der Waals surface area contributed by atoms with E-state index in [0.717, 1.165) is 24.0 Å². The summed E-state index contributed by atoms with van der Waals surface area (Å²) in [5.74, 6) is -0.601. The second-order valence-corrected chi connectivity index (χ2v) is 8.29. The van der Waals surface area contributed by atoms with Gasteiger partial charge in [0, 0.05) is 31.3 Å². The van der Waals surface area contributed by atoms with Gasteiger partial charge in [0.05, 0.1) is 17.6 Å². The van der Waals surface area contributed by atoms with Crippen LogP contribution in [-0.2, 0) is 17.9 Å². The third-order valence-corrected chi connectivity index (χ3v) is 6.16. The summed E-state index contributed by atoms with van der Waals surface area (Å²) in [6.45, 7) is 1.56. The molecule has 0 amide bonds. The van der Waals surface area contributed by atoms with Crippen LogP contribution in [0.4, 0.5) is 4.39 Å². The molecule has 1 N–H and O–H groups in total. The zero-order valence-electron chi connectivity index (χ0n) is 16.8. The topological polar surface area (TPSA) is 73.6 Å². The van der Waals surface area contributed by atoms with E-state index in [4.69, 9.17) is 9.84 Å². The quantitative estimate of drug-likeness (QED) is 0.733. The zero-order chi connectivity index (χ0) is 21.1. The lowest BCUT2D eigenvalue weighted by atomic mass is 9.92. The second kappa shape index (κ2) is 8.85. The van der Waals surface area contributed by atoms with E-state index < -0.39 is 5.97 Å². The van der Waals surface area contributed by atoms with Crippen molar-refractivity contribution in [1.82, 2.24) is 4.90 Å². The Morgan fingerprint density at radius 3 is 2.63 bits per heavy atom. The molecular formula is C24H25FN2O3. The molecule has 30 heavy (non-hydrogen) atoms. The van der Waals surface area contributed by atoms with Gasteiger partial charge in [-0.05, 0) is 42.0 Å². The van der Waals surface area contributed by atoms with E-state index >= 15 is 0 Å². The van der Waals surface area contributed by atoms with E-state index in [9.17, 15) is 14.4 Å². The molecule has 2 aromatic rings. The van der Waals surface area contributed by atoms with Crippen molar-refractivity contribution in [1.29, 1.82) is 5.26 Å². The summed E-state index contributed by atoms with van der Waals surface area (Å²) in [4.78, 5) is 12.8. The summed E-state index contributed by atoms with van der Waals surface area (Å²) in [7, 11) is 0. The Kier molecular flexibility index (Phi) is 6.01. The standard InChI is InChI=1S/C24H25FN2O3/c25-23-10-21(7-6-18(23)12-27-13-20(14-27)24(28)29)30-15-16-5-8-22(19(9-16)11-26)17-3-1-2-4-17/h5-10,17,20H,1-4,12-15H2,(H,28,29). The van der Waals surface area contributed by atoms with E-state index in [0.29, 0.717) is 42.4 Å². The number of rotatable bonds is 7. The molecule has 0 bridgehead atoms. The Morgan fingerprint density at radius 1 is 1.20 bits per heavy atom. The molecule has 1 saturated carbocycles. The van der Waals surface area contributed by atoms with Crippen LogP contribution >= 0.6 is 0 Å². The molecule has 0 unspecified atom stereocenters. The number of aliphatic carboxylic acids is 1. The number of hydrogen-bond acceptors (Lipinski definition) is 4. The highest BCUT2D eigenvalue weighted by Crippen LogP contribution is 2.36. The van der Waals surface area contributed by atoms with Gasteiger partial charge in [-0.1, -0.05) is 31.0 Å². The van der Waals surface area contributed by atoms with Crippen LogP contribution in [0.15, 0.2) is 36.4 Å². The molecular weight excluding hydrogens is 383 g/mol. The van der Waals surface area contributed by atoms with Gasteiger partial charge in [-0.3, -0.25) is 9.69 Å². The van der Waals surface area contributed by atoms with E-state index in [1.54, 1.807) is 12.1 Å². The fourth-order valence-corrected chi connectivity index (χ4v) is 4.39. The third kappa shape index (κ3) is 4.47. The first-order valence-corrected chi connectivity index (χ1v) is 10.4. The summed E-state index contributed by atoms with van der Waals surface area (Å²) in [6.07, 6.45) is 4.73. The van der Waals surface area contributed by atoms with E-state index in [1.165, 1.54) is 18.9 Å². The van der Waals surface area contributed by atoms with Gasteiger partial charge in [0.2, 0.25) is 0 Å². The van der Waals surface area contributed by atoms with Gasteiger partial charge < -0.3 is 9.84 Å². The van der Waals surface area contributed by atoms with E-state index in [-0.39, 0.29) is 18.3 Å². The summed E-state index contributed by atoms with van der Waals surface area (Å²) in [5, 5.41) is 18.5. The number of carboxylic acid groups (broad SMARTS) is 1. The monoisotopic (exact) mass is 408 g/mol. The minimum Gasteiger partial charge on any atom is -0.489 e. The lowest BCUT2D eigenvalue weighted by Crippen LogP contribution is -2.49. The molecule has 2 aromatic carbocycles. The fourth-order valence-electron chi connectivity index (χ4n) is 4.39. The van der Waals surface area contributed by atoms with Crippen LogP contribution in [0.3, 0.4) is 0 Å². The molecule has 4 rings (SSSR count). The number of nitrogens with zero attached hydrogens (tertiary/aromatic N) is 2. The maximum absolute atomic E-state index is 14.4. The van der Waals surface area contributed by atoms with Crippen molar-refractivity contribution in [2.45, 2.75) is 44.8 Å². The second-order valence-electron chi connectivity index (χ2n) is 8.29. The highest BCUT2D eigenvalue weighted by Gasteiger charge is 2.32. The van der Waals surface area contributed by atoms with Crippen molar-refractivity contribution >= 4 is 5.97 Å². The van der Waals surface area contributed by atoms with Crippen molar-refractivity contribution in [2.24, 2.45) is 5.92 Å². The zero-order valence-corrected chi connectivity index (χ0v) is 16.8. The first-order valence-electron chi connectivity index (χ1n) is 10.4. The predicted octanol–water partition coefficient (Wildman–Crippen LogP) is 4.45. The number of carbonyl (C=O) groups is 1. The van der Waals surface area contributed by atoms with Crippen LogP contribution in [0.25, 0.3) is 0 Å². The van der Waals surface area contributed by atoms with E-state index in [2.05, 4.69) is 6.07 Å². The Bertz CT molecular complexity index is 973. The summed E-state index contributed by atoms with van der Waals surface area (Å²) in [6, 6.07) is 13.0. The molecule has 0 aromatic heterocycles. The predicted molar refractivity (Wildman–Crippen MR) is 110 cm³/mol. The van der Waals surface area contributed by atoms with Gasteiger partial charge in [0.15, 0.2) is 0 Å². The van der Waals surface area contributed by atoms with Crippen LogP contribution in [0.5, 0.6) is 5.75 Å². The molecule has 0 radical (unpaired) electrons. The molecule has 156 valence electrons. The SMILES string of the molecule is N#Cc1cc(COc2ccc(CN3CC(C(=O)O)C3)c(F)c2)ccc1C1CCCC1. The first kappa shape index (κ1) is 20.4. The van der Waals surface area contributed by atoms with Gasteiger partial charge >= 0.3 is 5.97 Å². The fraction of sp³-hybridized carbons (Fsp3) is 0.417. The van der Waals surface area contributed by atoms with Gasteiger partial charge in [-0.2, -0.15) is 5.26 Å². The summed E-state index contributed by atoms with van der Waals surface area (Å²) in [5.41, 5.74) is 3.25. The van der Waals surface area contributed by atoms with Crippen molar-refractivity contribution < 1.29 is 19.0 Å². The Labute approximate surface area is 175 Å². The minimum absolute atomic E-state index is 0.269.